The first kappa shape index (κ1) is 14.7. The van der Waals surface area contributed by atoms with E-state index in [1.54, 1.807) is 20.8 Å². The fourth-order valence-electron chi connectivity index (χ4n) is 1.12. The van der Waals surface area contributed by atoms with Gasteiger partial charge < -0.3 is 9.72 Å². The lowest BCUT2D eigenvalue weighted by Gasteiger charge is -2.22. The minimum atomic E-state index is -3.79. The third kappa shape index (κ3) is 4.11. The van der Waals surface area contributed by atoms with Crippen LogP contribution in [0.3, 0.4) is 0 Å². The van der Waals surface area contributed by atoms with Gasteiger partial charge in [-0.25, -0.2) is 13.4 Å². The molecule has 0 aliphatic rings. The minimum absolute atomic E-state index is 0.0992. The Morgan fingerprint density at radius 1 is 1.50 bits per heavy atom. The number of imidazole rings is 1. The number of carbonyl (C=O) groups excluding carboxylic acids is 1. The standard InChI is InChI=1S/C10H17N3O4S/c1-7(9(14)17-10(2,3)4)13-18(15,16)8-5-11-6-12-8/h5-7,13H,1-4H3,(H,11,12)/t7-/m0/s1. The summed E-state index contributed by atoms with van der Waals surface area (Å²) in [5.41, 5.74) is -0.662. The summed E-state index contributed by atoms with van der Waals surface area (Å²) in [6, 6.07) is -0.975. The molecule has 1 aromatic heterocycles. The molecule has 0 fully saturated rings. The minimum Gasteiger partial charge on any atom is -0.459 e. The van der Waals surface area contributed by atoms with Gasteiger partial charge in [0.15, 0.2) is 5.03 Å². The Balaban J connectivity index is 2.71. The van der Waals surface area contributed by atoms with Crippen LogP contribution >= 0.6 is 0 Å². The second-order valence-corrected chi connectivity index (χ2v) is 6.47. The lowest BCUT2D eigenvalue weighted by Crippen LogP contribution is -2.42. The number of ether oxygens (including phenoxy) is 1. The lowest BCUT2D eigenvalue weighted by atomic mass is 10.2. The van der Waals surface area contributed by atoms with Gasteiger partial charge in [0.25, 0.3) is 10.0 Å². The number of hydrogen-bond acceptors (Lipinski definition) is 5. The number of hydrogen-bond donors (Lipinski definition) is 2. The van der Waals surface area contributed by atoms with E-state index in [9.17, 15) is 13.2 Å². The van der Waals surface area contributed by atoms with Crippen molar-refractivity contribution in [2.45, 2.75) is 44.4 Å². The number of aromatic amines is 1. The zero-order chi connectivity index (χ0) is 14.0. The molecule has 8 heteroatoms. The van der Waals surface area contributed by atoms with E-state index < -0.39 is 27.6 Å². The fourth-order valence-corrected chi connectivity index (χ4v) is 2.22. The van der Waals surface area contributed by atoms with E-state index in [1.807, 2.05) is 0 Å². The summed E-state index contributed by atoms with van der Waals surface area (Å²) in [5.74, 6) is -0.634. The van der Waals surface area contributed by atoms with Gasteiger partial charge in [0.05, 0.1) is 12.5 Å². The van der Waals surface area contributed by atoms with Gasteiger partial charge in [0.2, 0.25) is 0 Å². The number of nitrogens with zero attached hydrogens (tertiary/aromatic N) is 1. The summed E-state index contributed by atoms with van der Waals surface area (Å²) in [7, 11) is -3.79. The van der Waals surface area contributed by atoms with Gasteiger partial charge in [0.1, 0.15) is 11.6 Å². The van der Waals surface area contributed by atoms with Crippen molar-refractivity contribution in [3.8, 4) is 0 Å². The summed E-state index contributed by atoms with van der Waals surface area (Å²) in [6.07, 6.45) is 2.40. The molecule has 2 N–H and O–H groups in total. The summed E-state index contributed by atoms with van der Waals surface area (Å²) in [5, 5.41) is -0.0992. The van der Waals surface area contributed by atoms with Crippen LogP contribution in [0, 0.1) is 0 Å². The number of carbonyl (C=O) groups is 1. The van der Waals surface area contributed by atoms with Gasteiger partial charge in [-0.05, 0) is 27.7 Å². The highest BCUT2D eigenvalue weighted by Crippen LogP contribution is 2.10. The molecule has 1 aromatic rings. The highest BCUT2D eigenvalue weighted by atomic mass is 32.2. The third-order valence-corrected chi connectivity index (χ3v) is 3.32. The predicted molar refractivity (Wildman–Crippen MR) is 64.2 cm³/mol. The summed E-state index contributed by atoms with van der Waals surface area (Å²) in [4.78, 5) is 17.7. The van der Waals surface area contributed by atoms with Gasteiger partial charge in [-0.3, -0.25) is 4.79 Å². The average molecular weight is 275 g/mol. The molecule has 0 unspecified atom stereocenters. The molecule has 1 heterocycles. The molecule has 18 heavy (non-hydrogen) atoms. The van der Waals surface area contributed by atoms with E-state index in [0.29, 0.717) is 0 Å². The molecule has 0 bridgehead atoms. The maximum atomic E-state index is 11.8. The Hall–Kier alpha value is -1.41. The lowest BCUT2D eigenvalue weighted by molar-refractivity contribution is -0.156. The SMILES string of the molecule is C[C@H](NS(=O)(=O)c1cnc[nH]1)C(=O)OC(C)(C)C. The van der Waals surface area contributed by atoms with Crippen molar-refractivity contribution in [2.75, 3.05) is 0 Å². The van der Waals surface area contributed by atoms with E-state index in [-0.39, 0.29) is 5.03 Å². The number of esters is 1. The van der Waals surface area contributed by atoms with E-state index >= 15 is 0 Å². The molecule has 0 saturated carbocycles. The topological polar surface area (TPSA) is 101 Å². The monoisotopic (exact) mass is 275 g/mol. The average Bonchev–Trinajstić information content (AvgIpc) is 2.66. The number of nitrogens with one attached hydrogen (secondary N) is 2. The maximum absolute atomic E-state index is 11.8. The van der Waals surface area contributed by atoms with Crippen LogP contribution in [0.5, 0.6) is 0 Å². The zero-order valence-corrected chi connectivity index (χ0v) is 11.5. The summed E-state index contributed by atoms with van der Waals surface area (Å²) in [6.45, 7) is 6.55. The number of sulfonamides is 1. The molecule has 0 spiro atoms. The second-order valence-electron chi connectivity index (χ2n) is 4.79. The Kier molecular flexibility index (Phi) is 4.12. The maximum Gasteiger partial charge on any atom is 0.324 e. The van der Waals surface area contributed by atoms with Crippen LogP contribution in [0.15, 0.2) is 17.6 Å². The predicted octanol–water partition coefficient (Wildman–Crippen LogP) is 0.418. The van der Waals surface area contributed by atoms with Gasteiger partial charge in [0, 0.05) is 0 Å². The highest BCUT2D eigenvalue weighted by molar-refractivity contribution is 7.89. The van der Waals surface area contributed by atoms with Gasteiger partial charge in [-0.2, -0.15) is 4.72 Å². The number of H-pyrrole nitrogens is 1. The van der Waals surface area contributed by atoms with Crippen LogP contribution in [0.25, 0.3) is 0 Å². The first-order valence-electron chi connectivity index (χ1n) is 5.35. The third-order valence-electron chi connectivity index (χ3n) is 1.85. The molecular weight excluding hydrogens is 258 g/mol. The molecule has 7 nitrogen and oxygen atoms in total. The molecule has 0 aromatic carbocycles. The first-order chi connectivity index (χ1) is 8.12. The van der Waals surface area contributed by atoms with Crippen molar-refractivity contribution in [3.05, 3.63) is 12.5 Å². The highest BCUT2D eigenvalue weighted by Gasteiger charge is 2.26. The van der Waals surface area contributed by atoms with Crippen LogP contribution in [0.1, 0.15) is 27.7 Å². The molecule has 0 radical (unpaired) electrons. The molecule has 0 saturated heterocycles. The smallest absolute Gasteiger partial charge is 0.324 e. The van der Waals surface area contributed by atoms with Gasteiger partial charge >= 0.3 is 5.97 Å². The molecule has 0 amide bonds. The van der Waals surface area contributed by atoms with Gasteiger partial charge in [-0.1, -0.05) is 0 Å². The van der Waals surface area contributed by atoms with Crippen LogP contribution in [0.4, 0.5) is 0 Å². The van der Waals surface area contributed by atoms with E-state index in [2.05, 4.69) is 14.7 Å². The second kappa shape index (κ2) is 5.07. The molecule has 102 valence electrons. The number of aromatic nitrogens is 2. The van der Waals surface area contributed by atoms with E-state index in [1.165, 1.54) is 13.3 Å². The van der Waals surface area contributed by atoms with Crippen molar-refractivity contribution in [2.24, 2.45) is 0 Å². The zero-order valence-electron chi connectivity index (χ0n) is 10.7. The molecule has 0 aliphatic heterocycles. The Morgan fingerprint density at radius 3 is 2.56 bits per heavy atom. The molecule has 1 rings (SSSR count). The normalized spacial score (nSPS) is 14.2. The van der Waals surface area contributed by atoms with Crippen molar-refractivity contribution in [1.82, 2.24) is 14.7 Å². The van der Waals surface area contributed by atoms with E-state index in [0.717, 1.165) is 6.20 Å². The Morgan fingerprint density at radius 2 is 2.11 bits per heavy atom. The molecular formula is C10H17N3O4S. The largest absolute Gasteiger partial charge is 0.459 e. The van der Waals surface area contributed by atoms with Gasteiger partial charge in [-0.15, -0.1) is 0 Å². The summed E-state index contributed by atoms with van der Waals surface area (Å²) < 4.78 is 30.8. The van der Waals surface area contributed by atoms with Crippen molar-refractivity contribution < 1.29 is 17.9 Å². The van der Waals surface area contributed by atoms with Crippen LogP contribution in [-0.2, 0) is 19.6 Å². The van der Waals surface area contributed by atoms with Crippen molar-refractivity contribution >= 4 is 16.0 Å². The summed E-state index contributed by atoms with van der Waals surface area (Å²) >= 11 is 0. The Labute approximate surface area is 106 Å². The molecule has 1 atom stereocenters. The van der Waals surface area contributed by atoms with E-state index in [4.69, 9.17) is 4.74 Å². The van der Waals surface area contributed by atoms with Crippen molar-refractivity contribution in [3.63, 3.8) is 0 Å². The molecule has 0 aliphatic carbocycles. The number of rotatable bonds is 4. The van der Waals surface area contributed by atoms with Crippen LogP contribution < -0.4 is 4.72 Å². The fraction of sp³-hybridized carbons (Fsp3) is 0.600. The van der Waals surface area contributed by atoms with Crippen LogP contribution in [0.2, 0.25) is 0 Å². The van der Waals surface area contributed by atoms with Crippen LogP contribution in [-0.4, -0.2) is 36.0 Å². The first-order valence-corrected chi connectivity index (χ1v) is 6.84. The quantitative estimate of drug-likeness (QED) is 0.775. The Bertz CT molecular complexity index is 502. The van der Waals surface area contributed by atoms with Crippen molar-refractivity contribution in [1.29, 1.82) is 0 Å².